The Kier molecular flexibility index (Phi) is 15.2. The molecular weight excluding hydrogens is 661 g/mol. The van der Waals surface area contributed by atoms with Gasteiger partial charge in [0.15, 0.2) is 0 Å². The largest absolute Gasteiger partial charge is 0.457 e. The molecular formula is C50H68N2O2. The second kappa shape index (κ2) is 20.7. The van der Waals surface area contributed by atoms with Crippen molar-refractivity contribution in [2.24, 2.45) is 17.8 Å². The van der Waals surface area contributed by atoms with Crippen molar-refractivity contribution in [3.8, 4) is 23.0 Å². The minimum atomic E-state index is -0.0260. The molecule has 4 aromatic rings. The summed E-state index contributed by atoms with van der Waals surface area (Å²) in [5, 5.41) is 0. The lowest BCUT2D eigenvalue weighted by molar-refractivity contribution is 0.140. The van der Waals surface area contributed by atoms with Gasteiger partial charge in [-0.3, -0.25) is 0 Å². The first-order valence-corrected chi connectivity index (χ1v) is 21.8. The third kappa shape index (κ3) is 11.5. The fourth-order valence-electron chi connectivity index (χ4n) is 9.60. The van der Waals surface area contributed by atoms with Crippen molar-refractivity contribution in [1.29, 1.82) is 0 Å². The van der Waals surface area contributed by atoms with Gasteiger partial charge in [-0.2, -0.15) is 0 Å². The van der Waals surface area contributed by atoms with Crippen LogP contribution in [0.3, 0.4) is 0 Å². The Morgan fingerprint density at radius 3 is 1.20 bits per heavy atom. The Labute approximate surface area is 327 Å². The summed E-state index contributed by atoms with van der Waals surface area (Å²) in [7, 11) is 0. The van der Waals surface area contributed by atoms with E-state index in [0.717, 1.165) is 52.1 Å². The molecule has 2 aliphatic rings. The van der Waals surface area contributed by atoms with Gasteiger partial charge in [-0.1, -0.05) is 128 Å². The molecule has 0 bridgehead atoms. The Morgan fingerprint density at radius 2 is 0.796 bits per heavy atom. The van der Waals surface area contributed by atoms with Gasteiger partial charge in [-0.15, -0.1) is 0 Å². The van der Waals surface area contributed by atoms with Gasteiger partial charge in [0.2, 0.25) is 0 Å². The highest BCUT2D eigenvalue weighted by Gasteiger charge is 2.41. The molecule has 0 atom stereocenters. The summed E-state index contributed by atoms with van der Waals surface area (Å²) in [5.41, 5.74) is 16.0. The standard InChI is InChI=1S/C50H68N2O2/c1-2-3-4-5-6-7-8-9-10-11-12-13-14-39-15-17-40(18-16-39)41-35-37-50(38-36-41,42-19-27-46(28-20-42)53-48-31-23-44(51)24-32-48)43-21-29-47(30-22-43)54-49-33-25-45(52)26-34-49/h19-34,39-41H,2-18,35-38,51-52H2,1H3/t39-,40+. The van der Waals surface area contributed by atoms with E-state index in [1.807, 2.05) is 48.5 Å². The number of nitrogen functional groups attached to an aromatic ring is 2. The highest BCUT2D eigenvalue weighted by molar-refractivity contribution is 5.47. The number of hydrogen-bond donors (Lipinski definition) is 2. The molecule has 4 heteroatoms. The summed E-state index contributed by atoms with van der Waals surface area (Å²) in [6.45, 7) is 2.30. The molecule has 4 aromatic carbocycles. The molecule has 6 rings (SSSR count). The number of nitrogens with two attached hydrogens (primary N) is 2. The first kappa shape index (κ1) is 39.8. The van der Waals surface area contributed by atoms with E-state index in [1.54, 1.807) is 0 Å². The van der Waals surface area contributed by atoms with Crippen molar-refractivity contribution >= 4 is 11.4 Å². The first-order chi connectivity index (χ1) is 26.5. The molecule has 54 heavy (non-hydrogen) atoms. The average Bonchev–Trinajstić information content (AvgIpc) is 3.21. The summed E-state index contributed by atoms with van der Waals surface area (Å²) >= 11 is 0. The Balaban J connectivity index is 1.00. The van der Waals surface area contributed by atoms with Gasteiger partial charge < -0.3 is 20.9 Å². The van der Waals surface area contributed by atoms with E-state index in [1.165, 1.54) is 146 Å². The van der Waals surface area contributed by atoms with Crippen LogP contribution in [0.1, 0.15) is 153 Å². The van der Waals surface area contributed by atoms with E-state index in [4.69, 9.17) is 20.9 Å². The third-order valence-corrected chi connectivity index (χ3v) is 13.0. The second-order valence-corrected chi connectivity index (χ2v) is 16.8. The monoisotopic (exact) mass is 729 g/mol. The Morgan fingerprint density at radius 1 is 0.444 bits per heavy atom. The first-order valence-electron chi connectivity index (χ1n) is 21.8. The molecule has 4 N–H and O–H groups in total. The van der Waals surface area contributed by atoms with Crippen molar-refractivity contribution in [2.75, 3.05) is 11.5 Å². The summed E-state index contributed by atoms with van der Waals surface area (Å²) in [6.07, 6.45) is 29.5. The van der Waals surface area contributed by atoms with Crippen LogP contribution in [0.2, 0.25) is 0 Å². The molecule has 4 nitrogen and oxygen atoms in total. The lowest BCUT2D eigenvalue weighted by atomic mass is 9.60. The van der Waals surface area contributed by atoms with E-state index in [9.17, 15) is 0 Å². The molecule has 0 heterocycles. The fourth-order valence-corrected chi connectivity index (χ4v) is 9.60. The van der Waals surface area contributed by atoms with E-state index >= 15 is 0 Å². The SMILES string of the molecule is CCCCCCCCCCCCCC[C@H]1CC[C@@H](C2CCC(c3ccc(Oc4ccc(N)cc4)cc3)(c3ccc(Oc4ccc(N)cc4)cc3)CC2)CC1. The number of anilines is 2. The van der Waals surface area contributed by atoms with E-state index in [2.05, 4.69) is 55.5 Å². The van der Waals surface area contributed by atoms with Crippen molar-refractivity contribution in [2.45, 2.75) is 147 Å². The van der Waals surface area contributed by atoms with Crippen LogP contribution in [0, 0.1) is 17.8 Å². The minimum absolute atomic E-state index is 0.0260. The lowest BCUT2D eigenvalue weighted by Crippen LogP contribution is -2.35. The third-order valence-electron chi connectivity index (χ3n) is 13.0. The topological polar surface area (TPSA) is 70.5 Å². The van der Waals surface area contributed by atoms with Crippen molar-refractivity contribution < 1.29 is 9.47 Å². The number of hydrogen-bond acceptors (Lipinski definition) is 4. The van der Waals surface area contributed by atoms with Crippen LogP contribution in [0.4, 0.5) is 11.4 Å². The van der Waals surface area contributed by atoms with Crippen molar-refractivity contribution in [3.63, 3.8) is 0 Å². The van der Waals surface area contributed by atoms with Crippen LogP contribution in [-0.4, -0.2) is 0 Å². The zero-order chi connectivity index (χ0) is 37.4. The van der Waals surface area contributed by atoms with E-state index in [-0.39, 0.29) is 5.41 Å². The molecule has 0 spiro atoms. The molecule has 0 saturated heterocycles. The van der Waals surface area contributed by atoms with Crippen LogP contribution in [-0.2, 0) is 5.41 Å². The molecule has 0 aromatic heterocycles. The second-order valence-electron chi connectivity index (χ2n) is 16.8. The quantitative estimate of drug-likeness (QED) is 0.0702. The van der Waals surface area contributed by atoms with Crippen LogP contribution in [0.5, 0.6) is 23.0 Å². The molecule has 0 aliphatic heterocycles. The molecule has 2 aliphatic carbocycles. The van der Waals surface area contributed by atoms with E-state index < -0.39 is 0 Å². The highest BCUT2D eigenvalue weighted by atomic mass is 16.5. The smallest absolute Gasteiger partial charge is 0.127 e. The molecule has 0 amide bonds. The number of benzene rings is 4. The molecule has 2 fully saturated rings. The number of rotatable bonds is 20. The minimum Gasteiger partial charge on any atom is -0.457 e. The Bertz CT molecular complexity index is 1520. The molecule has 0 unspecified atom stereocenters. The predicted molar refractivity (Wildman–Crippen MR) is 229 cm³/mol. The average molecular weight is 729 g/mol. The van der Waals surface area contributed by atoms with Gasteiger partial charge in [0, 0.05) is 16.8 Å². The summed E-state index contributed by atoms with van der Waals surface area (Å²) in [6, 6.07) is 32.9. The predicted octanol–water partition coefficient (Wildman–Crippen LogP) is 14.8. The van der Waals surface area contributed by atoms with Crippen LogP contribution in [0.15, 0.2) is 97.1 Å². The zero-order valence-electron chi connectivity index (χ0n) is 33.3. The van der Waals surface area contributed by atoms with Gasteiger partial charge >= 0.3 is 0 Å². The maximum atomic E-state index is 6.19. The van der Waals surface area contributed by atoms with Crippen LogP contribution in [0.25, 0.3) is 0 Å². The lowest BCUT2D eigenvalue weighted by Gasteiger charge is -2.44. The zero-order valence-corrected chi connectivity index (χ0v) is 33.3. The van der Waals surface area contributed by atoms with E-state index in [0.29, 0.717) is 0 Å². The molecule has 290 valence electrons. The maximum Gasteiger partial charge on any atom is 0.127 e. The maximum absolute atomic E-state index is 6.19. The molecule has 2 saturated carbocycles. The number of ether oxygens (including phenoxy) is 2. The van der Waals surface area contributed by atoms with Crippen LogP contribution >= 0.6 is 0 Å². The molecule has 0 radical (unpaired) electrons. The van der Waals surface area contributed by atoms with Gasteiger partial charge in [0.05, 0.1) is 0 Å². The van der Waals surface area contributed by atoms with Crippen molar-refractivity contribution in [1.82, 2.24) is 0 Å². The van der Waals surface area contributed by atoms with Gasteiger partial charge in [-0.05, 0) is 140 Å². The van der Waals surface area contributed by atoms with Crippen LogP contribution < -0.4 is 20.9 Å². The van der Waals surface area contributed by atoms with Gasteiger partial charge in [-0.25, -0.2) is 0 Å². The normalized spacial score (nSPS) is 18.7. The Hall–Kier alpha value is -3.92. The summed E-state index contributed by atoms with van der Waals surface area (Å²) in [4.78, 5) is 0. The van der Waals surface area contributed by atoms with Gasteiger partial charge in [0.25, 0.3) is 0 Å². The summed E-state index contributed by atoms with van der Waals surface area (Å²) < 4.78 is 12.4. The summed E-state index contributed by atoms with van der Waals surface area (Å²) in [5.74, 6) is 6.00. The fraction of sp³-hybridized carbons (Fsp3) is 0.520. The highest BCUT2D eigenvalue weighted by Crippen LogP contribution is 2.51. The number of unbranched alkanes of at least 4 members (excludes halogenated alkanes) is 11. The van der Waals surface area contributed by atoms with Crippen molar-refractivity contribution in [3.05, 3.63) is 108 Å². The van der Waals surface area contributed by atoms with Gasteiger partial charge in [0.1, 0.15) is 23.0 Å².